The lowest BCUT2D eigenvalue weighted by molar-refractivity contribution is 0.291. The Labute approximate surface area is 49.4 Å². The van der Waals surface area contributed by atoms with Crippen LogP contribution in [0.15, 0.2) is 12.7 Å². The SMILES string of the molecule is C=CC(=N)CCCO. The summed E-state index contributed by atoms with van der Waals surface area (Å²) in [6.45, 7) is 3.57. The molecular weight excluding hydrogens is 102 g/mol. The van der Waals surface area contributed by atoms with Gasteiger partial charge in [-0.2, -0.15) is 0 Å². The van der Waals surface area contributed by atoms with Crippen LogP contribution in [0.2, 0.25) is 0 Å². The molecule has 0 rings (SSSR count). The first-order valence-electron chi connectivity index (χ1n) is 2.62. The number of hydrogen-bond donors (Lipinski definition) is 2. The lowest BCUT2D eigenvalue weighted by Crippen LogP contribution is -1.91. The Bertz CT molecular complexity index is 88.5. The van der Waals surface area contributed by atoms with Gasteiger partial charge in [-0.3, -0.25) is 0 Å². The lowest BCUT2D eigenvalue weighted by Gasteiger charge is -1.91. The number of aliphatic hydroxyl groups is 1. The summed E-state index contributed by atoms with van der Waals surface area (Å²) >= 11 is 0. The number of nitrogens with one attached hydrogen (secondary N) is 1. The molecule has 2 heteroatoms. The van der Waals surface area contributed by atoms with E-state index in [1.807, 2.05) is 0 Å². The third kappa shape index (κ3) is 3.56. The van der Waals surface area contributed by atoms with Crippen molar-refractivity contribution in [3.63, 3.8) is 0 Å². The Morgan fingerprint density at radius 3 is 2.75 bits per heavy atom. The minimum Gasteiger partial charge on any atom is -0.396 e. The average molecular weight is 113 g/mol. The van der Waals surface area contributed by atoms with E-state index in [4.69, 9.17) is 10.5 Å². The van der Waals surface area contributed by atoms with Gasteiger partial charge in [-0.05, 0) is 18.9 Å². The van der Waals surface area contributed by atoms with E-state index in [9.17, 15) is 0 Å². The first-order valence-corrected chi connectivity index (χ1v) is 2.62. The fraction of sp³-hybridized carbons (Fsp3) is 0.500. The highest BCUT2D eigenvalue weighted by Crippen LogP contribution is 1.88. The Morgan fingerprint density at radius 2 is 2.38 bits per heavy atom. The molecule has 0 saturated heterocycles. The summed E-state index contributed by atoms with van der Waals surface area (Å²) in [4.78, 5) is 0. The molecule has 0 aromatic carbocycles. The van der Waals surface area contributed by atoms with Crippen molar-refractivity contribution >= 4 is 5.71 Å². The monoisotopic (exact) mass is 113 g/mol. The maximum Gasteiger partial charge on any atom is 0.0434 e. The van der Waals surface area contributed by atoms with Gasteiger partial charge in [-0.1, -0.05) is 6.58 Å². The Balaban J connectivity index is 3.11. The van der Waals surface area contributed by atoms with Crippen molar-refractivity contribution < 1.29 is 5.11 Å². The van der Waals surface area contributed by atoms with Gasteiger partial charge in [0.1, 0.15) is 0 Å². The molecule has 0 aromatic rings. The van der Waals surface area contributed by atoms with Gasteiger partial charge in [0, 0.05) is 12.3 Å². The van der Waals surface area contributed by atoms with Crippen LogP contribution < -0.4 is 0 Å². The van der Waals surface area contributed by atoms with E-state index in [2.05, 4.69) is 6.58 Å². The van der Waals surface area contributed by atoms with Crippen molar-refractivity contribution in [2.75, 3.05) is 6.61 Å². The van der Waals surface area contributed by atoms with Crippen molar-refractivity contribution in [2.45, 2.75) is 12.8 Å². The molecule has 46 valence electrons. The average Bonchev–Trinajstić information content (AvgIpc) is 1.83. The lowest BCUT2D eigenvalue weighted by atomic mass is 10.2. The highest BCUT2D eigenvalue weighted by Gasteiger charge is 1.86. The molecule has 0 spiro atoms. The first-order chi connectivity index (χ1) is 3.81. The summed E-state index contributed by atoms with van der Waals surface area (Å²) < 4.78 is 0. The molecule has 0 fully saturated rings. The summed E-state index contributed by atoms with van der Waals surface area (Å²) in [6.07, 6.45) is 2.81. The second-order valence-corrected chi connectivity index (χ2v) is 1.56. The predicted octanol–water partition coefficient (Wildman–Crippen LogP) is 0.965. The van der Waals surface area contributed by atoms with Gasteiger partial charge in [-0.25, -0.2) is 0 Å². The van der Waals surface area contributed by atoms with Gasteiger partial charge >= 0.3 is 0 Å². The van der Waals surface area contributed by atoms with E-state index in [-0.39, 0.29) is 6.61 Å². The molecule has 0 atom stereocenters. The molecule has 0 aliphatic carbocycles. The Kier molecular flexibility index (Phi) is 4.17. The smallest absolute Gasteiger partial charge is 0.0434 e. The number of aliphatic hydroxyl groups excluding tert-OH is 1. The van der Waals surface area contributed by atoms with Crippen molar-refractivity contribution in [1.82, 2.24) is 0 Å². The maximum atomic E-state index is 8.28. The molecule has 2 N–H and O–H groups in total. The van der Waals surface area contributed by atoms with Crippen LogP contribution in [0.1, 0.15) is 12.8 Å². The van der Waals surface area contributed by atoms with Gasteiger partial charge in [0.05, 0.1) is 0 Å². The molecule has 0 unspecified atom stereocenters. The molecule has 0 amide bonds. The van der Waals surface area contributed by atoms with Crippen LogP contribution in [0.5, 0.6) is 0 Å². The van der Waals surface area contributed by atoms with Crippen molar-refractivity contribution in [2.24, 2.45) is 0 Å². The molecule has 0 bridgehead atoms. The van der Waals surface area contributed by atoms with Gasteiger partial charge in [0.15, 0.2) is 0 Å². The predicted molar refractivity (Wildman–Crippen MR) is 34.2 cm³/mol. The third-order valence-electron chi connectivity index (χ3n) is 0.851. The highest BCUT2D eigenvalue weighted by atomic mass is 16.2. The number of rotatable bonds is 4. The van der Waals surface area contributed by atoms with Crippen molar-refractivity contribution in [1.29, 1.82) is 5.41 Å². The van der Waals surface area contributed by atoms with Gasteiger partial charge in [0.25, 0.3) is 0 Å². The topological polar surface area (TPSA) is 44.1 Å². The van der Waals surface area contributed by atoms with Crippen molar-refractivity contribution in [3.8, 4) is 0 Å². The molecule has 0 aliphatic rings. The standard InChI is InChI=1S/C6H11NO/c1-2-6(7)4-3-5-8/h2,7-8H,1,3-5H2. The zero-order valence-electron chi connectivity index (χ0n) is 4.85. The molecular formula is C6H11NO. The minimum atomic E-state index is 0.163. The van der Waals surface area contributed by atoms with E-state index < -0.39 is 0 Å². The highest BCUT2D eigenvalue weighted by molar-refractivity contribution is 5.91. The zero-order valence-corrected chi connectivity index (χ0v) is 4.85. The van der Waals surface area contributed by atoms with E-state index in [1.54, 1.807) is 0 Å². The van der Waals surface area contributed by atoms with Crippen molar-refractivity contribution in [3.05, 3.63) is 12.7 Å². The fourth-order valence-electron chi connectivity index (χ4n) is 0.372. The van der Waals surface area contributed by atoms with Gasteiger partial charge in [-0.15, -0.1) is 0 Å². The summed E-state index contributed by atoms with van der Waals surface area (Å²) in [5.41, 5.74) is 0.499. The molecule has 0 saturated carbocycles. The van der Waals surface area contributed by atoms with E-state index in [0.29, 0.717) is 18.6 Å². The molecule has 0 heterocycles. The number of allylic oxidation sites excluding steroid dienone is 1. The van der Waals surface area contributed by atoms with E-state index in [1.165, 1.54) is 6.08 Å². The minimum absolute atomic E-state index is 0.163. The van der Waals surface area contributed by atoms with Crippen LogP contribution in [0, 0.1) is 5.41 Å². The molecule has 8 heavy (non-hydrogen) atoms. The third-order valence-corrected chi connectivity index (χ3v) is 0.851. The summed E-state index contributed by atoms with van der Waals surface area (Å²) in [6, 6.07) is 0. The second kappa shape index (κ2) is 4.53. The quantitative estimate of drug-likeness (QED) is 0.524. The van der Waals surface area contributed by atoms with Crippen LogP contribution in [0.4, 0.5) is 0 Å². The normalized spacial score (nSPS) is 8.62. The molecule has 0 aromatic heterocycles. The van der Waals surface area contributed by atoms with Crippen LogP contribution in [0.3, 0.4) is 0 Å². The van der Waals surface area contributed by atoms with Gasteiger partial charge in [0.2, 0.25) is 0 Å². The molecule has 2 nitrogen and oxygen atoms in total. The first kappa shape index (κ1) is 7.37. The fourth-order valence-corrected chi connectivity index (χ4v) is 0.372. The van der Waals surface area contributed by atoms with E-state index in [0.717, 1.165) is 0 Å². The van der Waals surface area contributed by atoms with Gasteiger partial charge < -0.3 is 10.5 Å². The Hall–Kier alpha value is -0.630. The number of hydrogen-bond acceptors (Lipinski definition) is 2. The van der Waals surface area contributed by atoms with Crippen LogP contribution in [0.25, 0.3) is 0 Å². The largest absolute Gasteiger partial charge is 0.396 e. The zero-order chi connectivity index (χ0) is 6.41. The van der Waals surface area contributed by atoms with Crippen LogP contribution in [-0.4, -0.2) is 17.4 Å². The molecule has 0 radical (unpaired) electrons. The summed E-state index contributed by atoms with van der Waals surface area (Å²) in [7, 11) is 0. The summed E-state index contributed by atoms with van der Waals surface area (Å²) in [5.74, 6) is 0. The second-order valence-electron chi connectivity index (χ2n) is 1.56. The summed E-state index contributed by atoms with van der Waals surface area (Å²) in [5, 5.41) is 15.3. The van der Waals surface area contributed by atoms with Crippen LogP contribution in [-0.2, 0) is 0 Å². The maximum absolute atomic E-state index is 8.28. The van der Waals surface area contributed by atoms with Crippen LogP contribution >= 0.6 is 0 Å². The van der Waals surface area contributed by atoms with E-state index >= 15 is 0 Å². The Morgan fingerprint density at radius 1 is 1.75 bits per heavy atom. The molecule has 0 aliphatic heterocycles.